The second-order valence-electron chi connectivity index (χ2n) is 3.93. The van der Waals surface area contributed by atoms with E-state index in [0.29, 0.717) is 5.02 Å². The summed E-state index contributed by atoms with van der Waals surface area (Å²) in [6.45, 7) is 6.05. The van der Waals surface area contributed by atoms with Gasteiger partial charge in [0.25, 0.3) is 0 Å². The Bertz CT molecular complexity index is 323. The van der Waals surface area contributed by atoms with Crippen molar-refractivity contribution in [3.8, 4) is 5.75 Å². The monoisotopic (exact) mass is 276 g/mol. The summed E-state index contributed by atoms with van der Waals surface area (Å²) in [6.07, 6.45) is 0. The average Bonchev–Trinajstić information content (AvgIpc) is 2.11. The molecule has 0 heterocycles. The van der Waals surface area contributed by atoms with Gasteiger partial charge in [-0.15, -0.1) is 0 Å². The molecule has 1 aromatic carbocycles. The highest BCUT2D eigenvalue weighted by molar-refractivity contribution is 9.09. The number of alkyl halides is 1. The Morgan fingerprint density at radius 2 is 2.07 bits per heavy atom. The first-order valence-corrected chi connectivity index (χ1v) is 5.96. The Labute approximate surface area is 98.5 Å². The topological polar surface area (TPSA) is 9.23 Å². The lowest BCUT2D eigenvalue weighted by atomic mass is 10.2. The SMILES string of the molecule is Cc1ccc(Cl)c(OC(C)(C)CBr)c1. The van der Waals surface area contributed by atoms with Gasteiger partial charge in [-0.3, -0.25) is 0 Å². The molecule has 1 aromatic rings. The molecule has 3 heteroatoms. The first-order chi connectivity index (χ1) is 6.44. The van der Waals surface area contributed by atoms with Crippen molar-refractivity contribution in [3.05, 3.63) is 28.8 Å². The maximum atomic E-state index is 6.02. The lowest BCUT2D eigenvalue weighted by Crippen LogP contribution is -2.30. The minimum absolute atomic E-state index is 0.239. The predicted molar refractivity (Wildman–Crippen MR) is 64.7 cm³/mol. The Kier molecular flexibility index (Phi) is 3.85. The van der Waals surface area contributed by atoms with Gasteiger partial charge in [-0.25, -0.2) is 0 Å². The van der Waals surface area contributed by atoms with E-state index in [0.717, 1.165) is 16.6 Å². The fourth-order valence-corrected chi connectivity index (χ4v) is 1.28. The molecule has 0 saturated heterocycles. The molecule has 0 atom stereocenters. The van der Waals surface area contributed by atoms with E-state index in [1.807, 2.05) is 39.0 Å². The van der Waals surface area contributed by atoms with E-state index in [1.165, 1.54) is 0 Å². The van der Waals surface area contributed by atoms with Gasteiger partial charge in [-0.1, -0.05) is 33.6 Å². The molecule has 0 fully saturated rings. The zero-order chi connectivity index (χ0) is 10.8. The second-order valence-corrected chi connectivity index (χ2v) is 4.90. The molecule has 0 aliphatic carbocycles. The zero-order valence-electron chi connectivity index (χ0n) is 8.60. The van der Waals surface area contributed by atoms with Crippen molar-refractivity contribution in [1.29, 1.82) is 0 Å². The summed E-state index contributed by atoms with van der Waals surface area (Å²) in [7, 11) is 0. The van der Waals surface area contributed by atoms with Crippen LogP contribution in [0.2, 0.25) is 5.02 Å². The van der Waals surface area contributed by atoms with Crippen molar-refractivity contribution in [3.63, 3.8) is 0 Å². The number of ether oxygens (including phenoxy) is 1. The molecule has 14 heavy (non-hydrogen) atoms. The highest BCUT2D eigenvalue weighted by Gasteiger charge is 2.19. The van der Waals surface area contributed by atoms with Gasteiger partial charge >= 0.3 is 0 Å². The molecule has 0 aliphatic rings. The summed E-state index contributed by atoms with van der Waals surface area (Å²) in [5.41, 5.74) is 0.909. The molecule has 78 valence electrons. The van der Waals surface area contributed by atoms with Crippen molar-refractivity contribution >= 4 is 27.5 Å². The van der Waals surface area contributed by atoms with Crippen molar-refractivity contribution in [1.82, 2.24) is 0 Å². The summed E-state index contributed by atoms with van der Waals surface area (Å²) >= 11 is 9.42. The van der Waals surface area contributed by atoms with E-state index in [4.69, 9.17) is 16.3 Å². The van der Waals surface area contributed by atoms with Crippen LogP contribution in [0.3, 0.4) is 0 Å². The molecule has 0 amide bonds. The van der Waals surface area contributed by atoms with E-state index in [2.05, 4.69) is 15.9 Å². The van der Waals surface area contributed by atoms with Crippen LogP contribution in [0.1, 0.15) is 19.4 Å². The normalized spacial score (nSPS) is 11.5. The van der Waals surface area contributed by atoms with Crippen LogP contribution in [0.15, 0.2) is 18.2 Å². The van der Waals surface area contributed by atoms with Gasteiger partial charge < -0.3 is 4.74 Å². The first kappa shape index (κ1) is 11.9. The first-order valence-electron chi connectivity index (χ1n) is 4.46. The zero-order valence-corrected chi connectivity index (χ0v) is 10.9. The van der Waals surface area contributed by atoms with Crippen LogP contribution in [0, 0.1) is 6.92 Å². The molecule has 0 aliphatic heterocycles. The van der Waals surface area contributed by atoms with Gasteiger partial charge in [0, 0.05) is 5.33 Å². The van der Waals surface area contributed by atoms with Gasteiger partial charge in [0.05, 0.1) is 5.02 Å². The highest BCUT2D eigenvalue weighted by atomic mass is 79.9. The molecule has 1 nitrogen and oxygen atoms in total. The lowest BCUT2D eigenvalue weighted by Gasteiger charge is -2.24. The molecule has 1 rings (SSSR count). The Balaban J connectivity index is 2.91. The fourth-order valence-electron chi connectivity index (χ4n) is 1.01. The quantitative estimate of drug-likeness (QED) is 0.752. The van der Waals surface area contributed by atoms with Crippen LogP contribution >= 0.6 is 27.5 Å². The van der Waals surface area contributed by atoms with E-state index >= 15 is 0 Å². The van der Waals surface area contributed by atoms with Crippen LogP contribution < -0.4 is 4.74 Å². The van der Waals surface area contributed by atoms with Gasteiger partial charge in [-0.2, -0.15) is 0 Å². The number of halogens is 2. The number of benzene rings is 1. The highest BCUT2D eigenvalue weighted by Crippen LogP contribution is 2.29. The molecule has 0 saturated carbocycles. The Morgan fingerprint density at radius 3 is 2.64 bits per heavy atom. The lowest BCUT2D eigenvalue weighted by molar-refractivity contribution is 0.137. The third-order valence-corrected chi connectivity index (χ3v) is 3.46. The number of aryl methyl sites for hydroxylation is 1. The summed E-state index contributed by atoms with van der Waals surface area (Å²) in [6, 6.07) is 5.78. The number of hydrogen-bond acceptors (Lipinski definition) is 1. The van der Waals surface area contributed by atoms with Crippen LogP contribution in [0.25, 0.3) is 0 Å². The molecule has 0 bridgehead atoms. The Morgan fingerprint density at radius 1 is 1.43 bits per heavy atom. The molecule has 0 radical (unpaired) electrons. The van der Waals surface area contributed by atoms with Crippen LogP contribution in [-0.4, -0.2) is 10.9 Å². The summed E-state index contributed by atoms with van der Waals surface area (Å²) in [4.78, 5) is 0. The standard InChI is InChI=1S/C11H14BrClO/c1-8-4-5-9(13)10(6-8)14-11(2,3)7-12/h4-6H,7H2,1-3H3. The molecule has 0 aromatic heterocycles. The Hall–Kier alpha value is -0.210. The molecule has 0 unspecified atom stereocenters. The molecular formula is C11H14BrClO. The van der Waals surface area contributed by atoms with Crippen molar-refractivity contribution < 1.29 is 4.74 Å². The minimum Gasteiger partial charge on any atom is -0.485 e. The van der Waals surface area contributed by atoms with Crippen LogP contribution in [-0.2, 0) is 0 Å². The molecular weight excluding hydrogens is 263 g/mol. The van der Waals surface area contributed by atoms with Gasteiger partial charge in [0.15, 0.2) is 0 Å². The fraction of sp³-hybridized carbons (Fsp3) is 0.455. The minimum atomic E-state index is -0.239. The summed E-state index contributed by atoms with van der Waals surface area (Å²) in [5.74, 6) is 0.746. The van der Waals surface area contributed by atoms with E-state index in [-0.39, 0.29) is 5.60 Å². The van der Waals surface area contributed by atoms with E-state index in [1.54, 1.807) is 0 Å². The van der Waals surface area contributed by atoms with Gasteiger partial charge in [0.1, 0.15) is 11.4 Å². The average molecular weight is 278 g/mol. The van der Waals surface area contributed by atoms with Crippen LogP contribution in [0.5, 0.6) is 5.75 Å². The van der Waals surface area contributed by atoms with Crippen molar-refractivity contribution in [2.45, 2.75) is 26.4 Å². The third-order valence-electron chi connectivity index (χ3n) is 1.79. The van der Waals surface area contributed by atoms with Crippen LogP contribution in [0.4, 0.5) is 0 Å². The van der Waals surface area contributed by atoms with E-state index in [9.17, 15) is 0 Å². The smallest absolute Gasteiger partial charge is 0.139 e. The number of hydrogen-bond donors (Lipinski definition) is 0. The summed E-state index contributed by atoms with van der Waals surface area (Å²) in [5, 5.41) is 1.43. The van der Waals surface area contributed by atoms with Crippen molar-refractivity contribution in [2.75, 3.05) is 5.33 Å². The third kappa shape index (κ3) is 3.18. The maximum absolute atomic E-state index is 6.02. The second kappa shape index (κ2) is 4.54. The number of rotatable bonds is 3. The largest absolute Gasteiger partial charge is 0.485 e. The van der Waals surface area contributed by atoms with E-state index < -0.39 is 0 Å². The van der Waals surface area contributed by atoms with Gasteiger partial charge in [-0.05, 0) is 38.5 Å². The molecule has 0 spiro atoms. The maximum Gasteiger partial charge on any atom is 0.139 e. The van der Waals surface area contributed by atoms with Gasteiger partial charge in [0.2, 0.25) is 0 Å². The van der Waals surface area contributed by atoms with Crippen molar-refractivity contribution in [2.24, 2.45) is 0 Å². The molecule has 0 N–H and O–H groups in total. The summed E-state index contributed by atoms with van der Waals surface area (Å²) < 4.78 is 5.78. The predicted octanol–water partition coefficient (Wildman–Crippen LogP) is 4.20.